The number of carboxylic acid groups (broad SMARTS) is 1. The molecule has 0 aliphatic carbocycles. The molecule has 10 heteroatoms. The zero-order valence-electron chi connectivity index (χ0n) is 22.1. The van der Waals surface area contributed by atoms with Gasteiger partial charge in [0.1, 0.15) is 11.7 Å². The number of allylic oxidation sites excluding steroid dienone is 2. The third-order valence-electron chi connectivity index (χ3n) is 7.69. The van der Waals surface area contributed by atoms with Crippen molar-refractivity contribution in [1.29, 1.82) is 0 Å². The minimum Gasteiger partial charge on any atom is -0.481 e. The maximum absolute atomic E-state index is 13.6. The van der Waals surface area contributed by atoms with Crippen molar-refractivity contribution in [1.82, 2.24) is 5.01 Å². The number of aliphatic carboxylic acids is 1. The van der Waals surface area contributed by atoms with E-state index in [2.05, 4.69) is 11.2 Å². The molecule has 0 bridgehead atoms. The molecular weight excluding hydrogens is 513 g/mol. The van der Waals surface area contributed by atoms with Gasteiger partial charge < -0.3 is 15.1 Å². The normalized spacial score (nSPS) is 24.7. The summed E-state index contributed by atoms with van der Waals surface area (Å²) in [6.45, 7) is 2.00. The Morgan fingerprint density at radius 2 is 2.00 bits per heavy atom. The molecule has 40 heavy (non-hydrogen) atoms. The Balaban J connectivity index is 1.26. The Labute approximate surface area is 231 Å². The zero-order chi connectivity index (χ0) is 27.9. The van der Waals surface area contributed by atoms with Crippen molar-refractivity contribution in [3.8, 4) is 0 Å². The first-order chi connectivity index (χ1) is 19.3. The topological polar surface area (TPSA) is 110 Å². The summed E-state index contributed by atoms with van der Waals surface area (Å²) in [5.74, 6) is -0.643. The summed E-state index contributed by atoms with van der Waals surface area (Å²) in [6.07, 6.45) is 9.91. The number of fused-ring (bicyclic) bond motifs is 2. The lowest BCUT2D eigenvalue weighted by Crippen LogP contribution is -2.37. The Morgan fingerprint density at radius 1 is 1.18 bits per heavy atom. The van der Waals surface area contributed by atoms with Crippen molar-refractivity contribution in [2.24, 2.45) is 15.2 Å². The van der Waals surface area contributed by atoms with E-state index >= 15 is 0 Å². The van der Waals surface area contributed by atoms with Crippen molar-refractivity contribution in [2.45, 2.75) is 63.3 Å². The molecular formula is C30H30FN5O4. The van der Waals surface area contributed by atoms with Crippen LogP contribution in [0.1, 0.15) is 62.8 Å². The summed E-state index contributed by atoms with van der Waals surface area (Å²) < 4.78 is 13.6. The van der Waals surface area contributed by atoms with E-state index in [0.29, 0.717) is 48.5 Å². The van der Waals surface area contributed by atoms with Gasteiger partial charge in [0.2, 0.25) is 0 Å². The molecule has 2 N–H and O–H groups in total. The van der Waals surface area contributed by atoms with Crippen LogP contribution in [0.25, 0.3) is 0 Å². The molecule has 4 heterocycles. The van der Waals surface area contributed by atoms with Gasteiger partial charge in [0.05, 0.1) is 23.2 Å². The summed E-state index contributed by atoms with van der Waals surface area (Å²) in [5.41, 5.74) is 3.73. The summed E-state index contributed by atoms with van der Waals surface area (Å²) in [6, 6.07) is 11.7. The number of unbranched alkanes of at least 4 members (excludes halogenated alkanes) is 1. The largest absolute Gasteiger partial charge is 0.481 e. The van der Waals surface area contributed by atoms with Crippen molar-refractivity contribution >= 4 is 34.6 Å². The third-order valence-corrected chi connectivity index (χ3v) is 7.69. The lowest BCUT2D eigenvalue weighted by Gasteiger charge is -2.35. The SMILES string of the molecule is CC1(C2=NN3C=CC=CC3C2)CC(c2ccc3c(c2)N=C(CCCCC(=O)O)N(c2ccc(F)cc2)C3O)=NO1. The number of anilines is 1. The molecule has 2 aromatic carbocycles. The molecule has 0 spiro atoms. The fourth-order valence-electron chi connectivity index (χ4n) is 5.49. The average molecular weight is 544 g/mol. The molecule has 0 saturated heterocycles. The number of halogens is 1. The highest BCUT2D eigenvalue weighted by Crippen LogP contribution is 2.40. The van der Waals surface area contributed by atoms with Gasteiger partial charge in [-0.05, 0) is 56.2 Å². The first-order valence-corrected chi connectivity index (χ1v) is 13.4. The maximum atomic E-state index is 13.6. The number of carbonyl (C=O) groups is 1. The van der Waals surface area contributed by atoms with E-state index in [0.717, 1.165) is 23.4 Å². The van der Waals surface area contributed by atoms with E-state index in [1.807, 2.05) is 48.5 Å². The van der Waals surface area contributed by atoms with E-state index in [1.165, 1.54) is 12.1 Å². The molecule has 6 rings (SSSR count). The standard InChI is InChI=1S/C30H30FN5O4/c1-30(26-17-22-6-4-5-15-35(22)33-26)18-25(34-40-30)19-9-14-23-24(16-19)32-27(7-2-3-8-28(37)38)36(29(23)39)21-12-10-20(31)11-13-21/h4-6,9-16,22,29,39H,2-3,7-8,17-18H2,1H3,(H,37,38). The number of rotatable bonds is 8. The predicted octanol–water partition coefficient (Wildman–Crippen LogP) is 5.41. The van der Waals surface area contributed by atoms with Crippen LogP contribution in [0.2, 0.25) is 0 Å². The summed E-state index contributed by atoms with van der Waals surface area (Å²) >= 11 is 0. The monoisotopic (exact) mass is 543 g/mol. The number of oxime groups is 1. The van der Waals surface area contributed by atoms with Gasteiger partial charge in [0, 0.05) is 48.7 Å². The highest BCUT2D eigenvalue weighted by Gasteiger charge is 2.44. The number of hydrogen-bond donors (Lipinski definition) is 2. The second-order valence-electron chi connectivity index (χ2n) is 10.6. The molecule has 0 aromatic heterocycles. The number of carboxylic acids is 1. The van der Waals surface area contributed by atoms with E-state index in [1.54, 1.807) is 17.0 Å². The maximum Gasteiger partial charge on any atom is 0.303 e. The molecule has 206 valence electrons. The van der Waals surface area contributed by atoms with E-state index in [4.69, 9.17) is 20.0 Å². The second-order valence-corrected chi connectivity index (χ2v) is 10.6. The minimum absolute atomic E-state index is 0.0576. The van der Waals surface area contributed by atoms with Gasteiger partial charge >= 0.3 is 5.97 Å². The van der Waals surface area contributed by atoms with E-state index < -0.39 is 17.8 Å². The number of hydrazone groups is 1. The smallest absolute Gasteiger partial charge is 0.303 e. The summed E-state index contributed by atoms with van der Waals surface area (Å²) in [5, 5.41) is 31.6. The van der Waals surface area contributed by atoms with E-state index in [9.17, 15) is 14.3 Å². The number of aliphatic hydroxyl groups is 1. The number of hydrogen-bond acceptors (Lipinski definition) is 8. The molecule has 0 amide bonds. The van der Waals surface area contributed by atoms with Crippen LogP contribution >= 0.6 is 0 Å². The fraction of sp³-hybridized carbons (Fsp3) is 0.333. The van der Waals surface area contributed by atoms with E-state index in [-0.39, 0.29) is 18.3 Å². The molecule has 9 nitrogen and oxygen atoms in total. The van der Waals surface area contributed by atoms with Crippen molar-refractivity contribution in [3.05, 3.63) is 83.8 Å². The highest BCUT2D eigenvalue weighted by atomic mass is 19.1. The molecule has 2 aromatic rings. The van der Waals surface area contributed by atoms with Gasteiger partial charge in [0.25, 0.3) is 0 Å². The number of aliphatic hydroxyl groups excluding tert-OH is 1. The van der Waals surface area contributed by atoms with Gasteiger partial charge in [-0.2, -0.15) is 5.10 Å². The summed E-state index contributed by atoms with van der Waals surface area (Å²) in [7, 11) is 0. The zero-order valence-corrected chi connectivity index (χ0v) is 22.1. The Hall–Kier alpha value is -4.31. The third kappa shape index (κ3) is 4.90. The van der Waals surface area contributed by atoms with Crippen molar-refractivity contribution in [3.63, 3.8) is 0 Å². The van der Waals surface area contributed by atoms with Crippen molar-refractivity contribution in [2.75, 3.05) is 4.90 Å². The molecule has 4 aliphatic heterocycles. The number of amidine groups is 1. The van der Waals surface area contributed by atoms with Gasteiger partial charge in [0.15, 0.2) is 11.8 Å². The summed E-state index contributed by atoms with van der Waals surface area (Å²) in [4.78, 5) is 23.5. The molecule has 4 aliphatic rings. The Morgan fingerprint density at radius 3 is 2.77 bits per heavy atom. The van der Waals surface area contributed by atoms with Crippen LogP contribution in [0.5, 0.6) is 0 Å². The molecule has 0 radical (unpaired) electrons. The molecule has 0 fully saturated rings. The lowest BCUT2D eigenvalue weighted by atomic mass is 9.88. The van der Waals surface area contributed by atoms with Gasteiger partial charge in [-0.25, -0.2) is 9.38 Å². The van der Waals surface area contributed by atoms with Crippen LogP contribution < -0.4 is 4.90 Å². The molecule has 3 atom stereocenters. The number of benzene rings is 2. The van der Waals surface area contributed by atoms with Crippen LogP contribution in [0, 0.1) is 5.82 Å². The van der Waals surface area contributed by atoms with Crippen LogP contribution in [0.3, 0.4) is 0 Å². The first-order valence-electron chi connectivity index (χ1n) is 13.4. The van der Waals surface area contributed by atoms with Gasteiger partial charge in [-0.1, -0.05) is 29.4 Å². The molecule has 3 unspecified atom stereocenters. The van der Waals surface area contributed by atoms with Crippen LogP contribution in [-0.2, 0) is 9.63 Å². The van der Waals surface area contributed by atoms with Gasteiger partial charge in [-0.15, -0.1) is 0 Å². The Bertz CT molecular complexity index is 1480. The van der Waals surface area contributed by atoms with Gasteiger partial charge in [-0.3, -0.25) is 14.7 Å². The lowest BCUT2D eigenvalue weighted by molar-refractivity contribution is -0.137. The number of aliphatic imine (C=N–C) groups is 1. The van der Waals surface area contributed by atoms with Crippen LogP contribution in [0.15, 0.2) is 82.1 Å². The van der Waals surface area contributed by atoms with Crippen LogP contribution in [-0.4, -0.2) is 50.1 Å². The first kappa shape index (κ1) is 25.9. The minimum atomic E-state index is -1.04. The quantitative estimate of drug-likeness (QED) is 0.431. The second kappa shape index (κ2) is 10.3. The number of nitrogens with zero attached hydrogens (tertiary/aromatic N) is 5. The Kier molecular flexibility index (Phi) is 6.71. The molecule has 0 saturated carbocycles. The average Bonchev–Trinajstić information content (AvgIpc) is 3.57. The van der Waals surface area contributed by atoms with Crippen molar-refractivity contribution < 1.29 is 24.2 Å². The highest BCUT2D eigenvalue weighted by molar-refractivity contribution is 6.08. The van der Waals surface area contributed by atoms with Crippen LogP contribution in [0.4, 0.5) is 15.8 Å². The predicted molar refractivity (Wildman–Crippen MR) is 150 cm³/mol. The fourth-order valence-corrected chi connectivity index (χ4v) is 5.49.